The van der Waals surface area contributed by atoms with Crippen molar-refractivity contribution in [2.45, 2.75) is 13.5 Å². The van der Waals surface area contributed by atoms with Gasteiger partial charge in [0.25, 0.3) is 5.91 Å². The van der Waals surface area contributed by atoms with Crippen LogP contribution in [0.15, 0.2) is 36.0 Å². The number of carbonyl (C=O) groups is 1. The molecule has 0 radical (unpaired) electrons. The summed E-state index contributed by atoms with van der Waals surface area (Å²) in [4.78, 5) is 19.2. The predicted octanol–water partition coefficient (Wildman–Crippen LogP) is 2.39. The van der Waals surface area contributed by atoms with Crippen molar-refractivity contribution in [2.75, 3.05) is 12.3 Å². The van der Waals surface area contributed by atoms with Gasteiger partial charge in [-0.2, -0.15) is 0 Å². The zero-order chi connectivity index (χ0) is 13.0. The van der Waals surface area contributed by atoms with Crippen LogP contribution in [0.3, 0.4) is 0 Å². The summed E-state index contributed by atoms with van der Waals surface area (Å²) in [5, 5.41) is 2.01. The summed E-state index contributed by atoms with van der Waals surface area (Å²) in [6, 6.07) is 5.67. The number of pyridine rings is 1. The lowest BCUT2D eigenvalue weighted by Crippen LogP contribution is -2.30. The first-order chi connectivity index (χ1) is 8.72. The Morgan fingerprint density at radius 3 is 2.94 bits per heavy atom. The number of thiophene rings is 1. The SMILES string of the molecule is CCN(Cc1cccs1)C(=O)c1ccncc1N. The second-order valence-corrected chi connectivity index (χ2v) is 4.89. The smallest absolute Gasteiger partial charge is 0.256 e. The number of anilines is 1. The number of hydrogen-bond acceptors (Lipinski definition) is 4. The van der Waals surface area contributed by atoms with Crippen LogP contribution >= 0.6 is 11.3 Å². The molecule has 0 atom stereocenters. The van der Waals surface area contributed by atoms with Crippen LogP contribution in [0.1, 0.15) is 22.2 Å². The molecule has 18 heavy (non-hydrogen) atoms. The minimum absolute atomic E-state index is 0.0502. The van der Waals surface area contributed by atoms with Crippen molar-refractivity contribution in [1.82, 2.24) is 9.88 Å². The minimum Gasteiger partial charge on any atom is -0.397 e. The molecule has 0 aliphatic carbocycles. The van der Waals surface area contributed by atoms with Gasteiger partial charge >= 0.3 is 0 Å². The Kier molecular flexibility index (Phi) is 3.94. The van der Waals surface area contributed by atoms with Crippen molar-refractivity contribution < 1.29 is 4.79 Å². The van der Waals surface area contributed by atoms with Gasteiger partial charge < -0.3 is 10.6 Å². The molecule has 0 spiro atoms. The van der Waals surface area contributed by atoms with Crippen molar-refractivity contribution in [3.8, 4) is 0 Å². The van der Waals surface area contributed by atoms with Crippen LogP contribution in [-0.2, 0) is 6.54 Å². The van der Waals surface area contributed by atoms with E-state index in [-0.39, 0.29) is 5.91 Å². The second kappa shape index (κ2) is 5.64. The number of nitrogen functional groups attached to an aromatic ring is 1. The van der Waals surface area contributed by atoms with Gasteiger partial charge in [0.2, 0.25) is 0 Å². The fraction of sp³-hybridized carbons (Fsp3) is 0.231. The zero-order valence-electron chi connectivity index (χ0n) is 10.2. The Bertz CT molecular complexity index is 525. The van der Waals surface area contributed by atoms with E-state index in [1.165, 1.54) is 6.20 Å². The Balaban J connectivity index is 2.18. The molecule has 0 saturated carbocycles. The lowest BCUT2D eigenvalue weighted by molar-refractivity contribution is 0.0755. The van der Waals surface area contributed by atoms with E-state index in [9.17, 15) is 4.79 Å². The van der Waals surface area contributed by atoms with E-state index < -0.39 is 0 Å². The highest BCUT2D eigenvalue weighted by molar-refractivity contribution is 7.09. The molecule has 1 amide bonds. The van der Waals surface area contributed by atoms with Crippen molar-refractivity contribution >= 4 is 22.9 Å². The Morgan fingerprint density at radius 1 is 1.50 bits per heavy atom. The van der Waals surface area contributed by atoms with Crippen LogP contribution in [0.2, 0.25) is 0 Å². The van der Waals surface area contributed by atoms with Crippen molar-refractivity contribution in [2.24, 2.45) is 0 Å². The molecule has 2 aromatic heterocycles. The quantitative estimate of drug-likeness (QED) is 0.919. The molecular weight excluding hydrogens is 246 g/mol. The van der Waals surface area contributed by atoms with Gasteiger partial charge in [-0.3, -0.25) is 9.78 Å². The van der Waals surface area contributed by atoms with Gasteiger partial charge in [0.15, 0.2) is 0 Å². The fourth-order valence-electron chi connectivity index (χ4n) is 1.69. The number of nitrogens with zero attached hydrogens (tertiary/aromatic N) is 2. The zero-order valence-corrected chi connectivity index (χ0v) is 11.0. The van der Waals surface area contributed by atoms with Gasteiger partial charge in [-0.05, 0) is 24.4 Å². The molecule has 0 bridgehead atoms. The van der Waals surface area contributed by atoms with Crippen molar-refractivity contribution in [3.05, 3.63) is 46.4 Å². The third kappa shape index (κ3) is 2.68. The number of amides is 1. The molecule has 0 aromatic carbocycles. The molecule has 2 heterocycles. The van der Waals surface area contributed by atoms with Gasteiger partial charge in [-0.15, -0.1) is 11.3 Å². The van der Waals surface area contributed by atoms with Gasteiger partial charge in [0, 0.05) is 17.6 Å². The molecule has 2 aromatic rings. The lowest BCUT2D eigenvalue weighted by Gasteiger charge is -2.20. The van der Waals surface area contributed by atoms with Crippen LogP contribution in [-0.4, -0.2) is 22.3 Å². The molecule has 0 unspecified atom stereocenters. The normalized spacial score (nSPS) is 10.3. The van der Waals surface area contributed by atoms with E-state index in [0.717, 1.165) is 4.88 Å². The molecule has 5 heteroatoms. The maximum Gasteiger partial charge on any atom is 0.256 e. The first-order valence-electron chi connectivity index (χ1n) is 5.73. The van der Waals surface area contributed by atoms with E-state index >= 15 is 0 Å². The standard InChI is InChI=1S/C13H15N3OS/c1-2-16(9-10-4-3-7-18-10)13(17)11-5-6-15-8-12(11)14/h3-8H,2,9,14H2,1H3. The summed E-state index contributed by atoms with van der Waals surface area (Å²) in [7, 11) is 0. The Labute approximate surface area is 110 Å². The van der Waals surface area contributed by atoms with Crippen LogP contribution in [0.5, 0.6) is 0 Å². The first kappa shape index (κ1) is 12.6. The third-order valence-corrected chi connectivity index (χ3v) is 3.54. The van der Waals surface area contributed by atoms with Gasteiger partial charge in [-0.25, -0.2) is 0 Å². The molecule has 4 nitrogen and oxygen atoms in total. The van der Waals surface area contributed by atoms with Crippen LogP contribution in [0, 0.1) is 0 Å². The highest BCUT2D eigenvalue weighted by Crippen LogP contribution is 2.16. The average Bonchev–Trinajstić information content (AvgIpc) is 2.88. The number of hydrogen-bond donors (Lipinski definition) is 1. The molecule has 0 fully saturated rings. The molecule has 2 N–H and O–H groups in total. The summed E-state index contributed by atoms with van der Waals surface area (Å²) in [6.45, 7) is 3.23. The summed E-state index contributed by atoms with van der Waals surface area (Å²) >= 11 is 1.65. The Morgan fingerprint density at radius 2 is 2.33 bits per heavy atom. The number of aromatic nitrogens is 1. The van der Waals surface area contributed by atoms with E-state index in [2.05, 4.69) is 4.98 Å². The first-order valence-corrected chi connectivity index (χ1v) is 6.61. The van der Waals surface area contributed by atoms with Gasteiger partial charge in [0.1, 0.15) is 0 Å². The third-order valence-electron chi connectivity index (χ3n) is 2.68. The molecule has 94 valence electrons. The van der Waals surface area contributed by atoms with Gasteiger partial charge in [-0.1, -0.05) is 6.07 Å². The Hall–Kier alpha value is -1.88. The molecular formula is C13H15N3OS. The van der Waals surface area contributed by atoms with Gasteiger partial charge in [0.05, 0.1) is 24.0 Å². The summed E-state index contributed by atoms with van der Waals surface area (Å²) in [6.07, 6.45) is 3.09. The van der Waals surface area contributed by atoms with Crippen molar-refractivity contribution in [1.29, 1.82) is 0 Å². The maximum absolute atomic E-state index is 12.3. The second-order valence-electron chi connectivity index (χ2n) is 3.86. The van der Waals surface area contributed by atoms with Crippen LogP contribution in [0.25, 0.3) is 0 Å². The van der Waals surface area contributed by atoms with E-state index in [0.29, 0.717) is 24.3 Å². The summed E-state index contributed by atoms with van der Waals surface area (Å²) in [5.74, 6) is -0.0502. The van der Waals surface area contributed by atoms with E-state index in [1.807, 2.05) is 24.4 Å². The highest BCUT2D eigenvalue weighted by Gasteiger charge is 2.17. The molecule has 0 aliphatic rings. The van der Waals surface area contributed by atoms with E-state index in [1.54, 1.807) is 28.5 Å². The molecule has 0 saturated heterocycles. The topological polar surface area (TPSA) is 59.2 Å². The molecule has 0 aliphatic heterocycles. The van der Waals surface area contributed by atoms with Crippen LogP contribution < -0.4 is 5.73 Å². The molecule has 2 rings (SSSR count). The monoisotopic (exact) mass is 261 g/mol. The number of nitrogens with two attached hydrogens (primary N) is 1. The van der Waals surface area contributed by atoms with E-state index in [4.69, 9.17) is 5.73 Å². The summed E-state index contributed by atoms with van der Waals surface area (Å²) < 4.78 is 0. The maximum atomic E-state index is 12.3. The number of carbonyl (C=O) groups excluding carboxylic acids is 1. The summed E-state index contributed by atoms with van der Waals surface area (Å²) in [5.41, 5.74) is 6.72. The fourth-order valence-corrected chi connectivity index (χ4v) is 2.41. The average molecular weight is 261 g/mol. The number of rotatable bonds is 4. The predicted molar refractivity (Wildman–Crippen MR) is 73.4 cm³/mol. The lowest BCUT2D eigenvalue weighted by atomic mass is 10.2. The largest absolute Gasteiger partial charge is 0.397 e. The van der Waals surface area contributed by atoms with Crippen molar-refractivity contribution in [3.63, 3.8) is 0 Å². The minimum atomic E-state index is -0.0502. The van der Waals surface area contributed by atoms with Crippen LogP contribution in [0.4, 0.5) is 5.69 Å². The highest BCUT2D eigenvalue weighted by atomic mass is 32.1.